The largest absolute Gasteiger partial charge is 0.392 e. The zero-order valence-corrected chi connectivity index (χ0v) is 11.3. The van der Waals surface area contributed by atoms with Gasteiger partial charge in [0.15, 0.2) is 0 Å². The fraction of sp³-hybridized carbons (Fsp3) is 0.500. The highest BCUT2D eigenvalue weighted by Crippen LogP contribution is 2.32. The van der Waals surface area contributed by atoms with Gasteiger partial charge in [-0.25, -0.2) is 0 Å². The van der Waals surface area contributed by atoms with Crippen molar-refractivity contribution in [2.45, 2.75) is 25.5 Å². The number of benzene rings is 1. The first-order chi connectivity index (χ1) is 7.66. The van der Waals surface area contributed by atoms with E-state index >= 15 is 0 Å². The third kappa shape index (κ3) is 3.45. The van der Waals surface area contributed by atoms with Gasteiger partial charge in [0.05, 0.1) is 6.10 Å². The van der Waals surface area contributed by atoms with Crippen molar-refractivity contribution in [2.24, 2.45) is 5.92 Å². The molecule has 2 N–H and O–H groups in total. The molecule has 2 nitrogen and oxygen atoms in total. The smallest absolute Gasteiger partial charge is 0.0692 e. The molecule has 0 amide bonds. The second-order valence-electron chi connectivity index (χ2n) is 4.27. The van der Waals surface area contributed by atoms with Crippen LogP contribution in [0.4, 0.5) is 0 Å². The average molecular weight is 305 g/mol. The predicted octanol–water partition coefficient (Wildman–Crippen LogP) is 2.96. The molecule has 16 heavy (non-hydrogen) atoms. The third-order valence-electron chi connectivity index (χ3n) is 2.84. The number of aliphatic hydroxyl groups excluding tert-OH is 1. The monoisotopic (exact) mass is 303 g/mol. The van der Waals surface area contributed by atoms with Gasteiger partial charge < -0.3 is 10.4 Å². The SMILES string of the molecule is OC(CNCc1cc(Cl)ccc1Br)C1CC1. The molecule has 1 atom stereocenters. The van der Waals surface area contributed by atoms with Crippen LogP contribution in [0.15, 0.2) is 22.7 Å². The third-order valence-corrected chi connectivity index (χ3v) is 3.85. The van der Waals surface area contributed by atoms with Crippen LogP contribution in [0, 0.1) is 5.92 Å². The fourth-order valence-corrected chi connectivity index (χ4v) is 2.26. The Morgan fingerprint density at radius 1 is 1.50 bits per heavy atom. The van der Waals surface area contributed by atoms with Crippen LogP contribution in [-0.2, 0) is 6.54 Å². The molecule has 1 aromatic carbocycles. The second-order valence-corrected chi connectivity index (χ2v) is 5.56. The van der Waals surface area contributed by atoms with Crippen molar-refractivity contribution in [1.29, 1.82) is 0 Å². The number of hydrogen-bond acceptors (Lipinski definition) is 2. The molecule has 0 aliphatic heterocycles. The Hall–Kier alpha value is -0.0900. The van der Waals surface area contributed by atoms with E-state index in [4.69, 9.17) is 11.6 Å². The summed E-state index contributed by atoms with van der Waals surface area (Å²) in [6, 6.07) is 5.73. The normalized spacial score (nSPS) is 17.4. The van der Waals surface area contributed by atoms with Crippen LogP contribution in [0.2, 0.25) is 5.02 Å². The van der Waals surface area contributed by atoms with Gasteiger partial charge >= 0.3 is 0 Å². The zero-order valence-electron chi connectivity index (χ0n) is 8.92. The molecular formula is C12H15BrClNO. The summed E-state index contributed by atoms with van der Waals surface area (Å²) in [6.07, 6.45) is 2.14. The van der Waals surface area contributed by atoms with Gasteiger partial charge in [-0.2, -0.15) is 0 Å². The quantitative estimate of drug-likeness (QED) is 0.876. The molecule has 0 spiro atoms. The summed E-state index contributed by atoms with van der Waals surface area (Å²) in [5.41, 5.74) is 1.12. The summed E-state index contributed by atoms with van der Waals surface area (Å²) in [4.78, 5) is 0. The molecule has 1 aliphatic carbocycles. The Labute approximate surface area is 109 Å². The van der Waals surface area contributed by atoms with Gasteiger partial charge in [0, 0.05) is 22.6 Å². The molecular weight excluding hydrogens is 289 g/mol. The Kier molecular flexibility index (Phi) is 4.25. The van der Waals surface area contributed by atoms with Crippen molar-refractivity contribution in [3.8, 4) is 0 Å². The number of hydrogen-bond donors (Lipinski definition) is 2. The molecule has 0 radical (unpaired) electrons. The van der Waals surface area contributed by atoms with Crippen LogP contribution < -0.4 is 5.32 Å². The summed E-state index contributed by atoms with van der Waals surface area (Å²) in [5.74, 6) is 0.523. The van der Waals surface area contributed by atoms with E-state index in [1.54, 1.807) is 0 Å². The molecule has 0 aromatic heterocycles. The summed E-state index contributed by atoms with van der Waals surface area (Å²) in [6.45, 7) is 1.38. The lowest BCUT2D eigenvalue weighted by Crippen LogP contribution is -2.27. The molecule has 0 heterocycles. The predicted molar refractivity (Wildman–Crippen MR) is 69.6 cm³/mol. The molecule has 1 saturated carbocycles. The first-order valence-corrected chi connectivity index (χ1v) is 6.66. The van der Waals surface area contributed by atoms with E-state index in [2.05, 4.69) is 21.2 Å². The van der Waals surface area contributed by atoms with E-state index in [0.29, 0.717) is 12.5 Å². The highest BCUT2D eigenvalue weighted by molar-refractivity contribution is 9.10. The Morgan fingerprint density at radius 2 is 2.25 bits per heavy atom. The summed E-state index contributed by atoms with van der Waals surface area (Å²) < 4.78 is 1.05. The lowest BCUT2D eigenvalue weighted by molar-refractivity contribution is 0.148. The maximum atomic E-state index is 9.69. The van der Waals surface area contributed by atoms with E-state index in [1.807, 2.05) is 18.2 Å². The first kappa shape index (κ1) is 12.4. The summed E-state index contributed by atoms with van der Waals surface area (Å²) >= 11 is 9.40. The van der Waals surface area contributed by atoms with E-state index in [0.717, 1.165) is 21.6 Å². The van der Waals surface area contributed by atoms with E-state index < -0.39 is 0 Å². The minimum absolute atomic E-state index is 0.196. The minimum atomic E-state index is -0.196. The van der Waals surface area contributed by atoms with Gasteiger partial charge in [0.2, 0.25) is 0 Å². The van der Waals surface area contributed by atoms with Crippen LogP contribution in [0.3, 0.4) is 0 Å². The lowest BCUT2D eigenvalue weighted by atomic mass is 10.2. The van der Waals surface area contributed by atoms with Crippen molar-refractivity contribution in [2.75, 3.05) is 6.54 Å². The maximum Gasteiger partial charge on any atom is 0.0692 e. The van der Waals surface area contributed by atoms with Crippen molar-refractivity contribution in [3.05, 3.63) is 33.3 Å². The minimum Gasteiger partial charge on any atom is -0.392 e. The number of rotatable bonds is 5. The van der Waals surface area contributed by atoms with Gasteiger partial charge in [0.25, 0.3) is 0 Å². The number of nitrogens with one attached hydrogen (secondary N) is 1. The van der Waals surface area contributed by atoms with Crippen molar-refractivity contribution < 1.29 is 5.11 Å². The summed E-state index contributed by atoms with van der Waals surface area (Å²) in [5, 5.41) is 13.7. The number of aliphatic hydroxyl groups is 1. The average Bonchev–Trinajstić information content (AvgIpc) is 3.06. The van der Waals surface area contributed by atoms with Gasteiger partial charge in [0.1, 0.15) is 0 Å². The second kappa shape index (κ2) is 5.50. The molecule has 1 aromatic rings. The van der Waals surface area contributed by atoms with E-state index in [1.165, 1.54) is 12.8 Å². The van der Waals surface area contributed by atoms with Crippen LogP contribution in [0.5, 0.6) is 0 Å². The first-order valence-electron chi connectivity index (χ1n) is 5.49. The molecule has 1 aliphatic rings. The van der Waals surface area contributed by atoms with Crippen LogP contribution >= 0.6 is 27.5 Å². The van der Waals surface area contributed by atoms with Gasteiger partial charge in [-0.05, 0) is 42.5 Å². The van der Waals surface area contributed by atoms with Gasteiger partial charge in [-0.15, -0.1) is 0 Å². The van der Waals surface area contributed by atoms with Gasteiger partial charge in [-0.1, -0.05) is 27.5 Å². The van der Waals surface area contributed by atoms with Crippen molar-refractivity contribution in [1.82, 2.24) is 5.32 Å². The van der Waals surface area contributed by atoms with Crippen LogP contribution in [-0.4, -0.2) is 17.8 Å². The van der Waals surface area contributed by atoms with Crippen LogP contribution in [0.1, 0.15) is 18.4 Å². The fourth-order valence-electron chi connectivity index (χ4n) is 1.68. The topological polar surface area (TPSA) is 32.3 Å². The highest BCUT2D eigenvalue weighted by atomic mass is 79.9. The molecule has 88 valence electrons. The Morgan fingerprint density at radius 3 is 2.94 bits per heavy atom. The molecule has 0 bridgehead atoms. The molecule has 0 saturated heterocycles. The van der Waals surface area contributed by atoms with Crippen molar-refractivity contribution in [3.63, 3.8) is 0 Å². The molecule has 4 heteroatoms. The highest BCUT2D eigenvalue weighted by Gasteiger charge is 2.29. The zero-order chi connectivity index (χ0) is 11.5. The number of halogens is 2. The molecule has 2 rings (SSSR count). The van der Waals surface area contributed by atoms with Gasteiger partial charge in [-0.3, -0.25) is 0 Å². The lowest BCUT2D eigenvalue weighted by Gasteiger charge is -2.11. The summed E-state index contributed by atoms with van der Waals surface area (Å²) in [7, 11) is 0. The molecule has 1 fully saturated rings. The standard InChI is InChI=1S/C12H15BrClNO/c13-11-4-3-10(14)5-9(11)6-15-7-12(16)8-1-2-8/h3-5,8,12,15-16H,1-2,6-7H2. The van der Waals surface area contributed by atoms with E-state index in [9.17, 15) is 5.11 Å². The molecule has 1 unspecified atom stereocenters. The maximum absolute atomic E-state index is 9.69. The van der Waals surface area contributed by atoms with E-state index in [-0.39, 0.29) is 6.10 Å². The van der Waals surface area contributed by atoms with Crippen LogP contribution in [0.25, 0.3) is 0 Å². The van der Waals surface area contributed by atoms with Crippen molar-refractivity contribution >= 4 is 27.5 Å². The Balaban J connectivity index is 1.81. The Bertz CT molecular complexity index is 368.